The third-order valence-electron chi connectivity index (χ3n) is 4.29. The minimum absolute atomic E-state index is 0.0785. The van der Waals surface area contributed by atoms with Crippen LogP contribution >= 0.6 is 0 Å². The summed E-state index contributed by atoms with van der Waals surface area (Å²) in [5.41, 5.74) is -0.465. The SMILES string of the molecule is CC(C)(C)C1=CC(=NOc2ccc([N+](=O)[O-])cc2[N+](=O)[O-])C=C(C(C)(C)C)C1=O. The van der Waals surface area contributed by atoms with Gasteiger partial charge in [-0.15, -0.1) is 0 Å². The van der Waals surface area contributed by atoms with E-state index in [2.05, 4.69) is 5.16 Å². The van der Waals surface area contributed by atoms with E-state index in [1.807, 2.05) is 41.5 Å². The number of non-ortho nitro benzene ring substituents is 1. The van der Waals surface area contributed by atoms with Crippen molar-refractivity contribution < 1.29 is 19.5 Å². The lowest BCUT2D eigenvalue weighted by Crippen LogP contribution is -2.29. The van der Waals surface area contributed by atoms with Gasteiger partial charge in [0, 0.05) is 17.2 Å². The number of rotatable bonds is 4. The summed E-state index contributed by atoms with van der Waals surface area (Å²) in [6.45, 7) is 11.4. The van der Waals surface area contributed by atoms with Crippen LogP contribution in [-0.2, 0) is 4.79 Å². The summed E-state index contributed by atoms with van der Waals surface area (Å²) in [5.74, 6) is -0.313. The number of hydrogen-bond donors (Lipinski definition) is 0. The second-order valence-corrected chi connectivity index (χ2v) is 8.72. The molecule has 0 fully saturated rings. The van der Waals surface area contributed by atoms with Crippen molar-refractivity contribution in [3.63, 3.8) is 0 Å². The van der Waals surface area contributed by atoms with Crippen molar-refractivity contribution in [1.29, 1.82) is 0 Å². The highest BCUT2D eigenvalue weighted by molar-refractivity contribution is 6.22. The average molecular weight is 401 g/mol. The molecule has 9 nitrogen and oxygen atoms in total. The maximum absolute atomic E-state index is 12.9. The predicted octanol–water partition coefficient (Wildman–Crippen LogP) is 4.77. The lowest BCUT2D eigenvalue weighted by molar-refractivity contribution is -0.394. The summed E-state index contributed by atoms with van der Waals surface area (Å²) in [4.78, 5) is 38.7. The van der Waals surface area contributed by atoms with E-state index in [4.69, 9.17) is 4.84 Å². The van der Waals surface area contributed by atoms with Crippen LogP contribution in [0.1, 0.15) is 41.5 Å². The number of benzene rings is 1. The van der Waals surface area contributed by atoms with Gasteiger partial charge in [0.25, 0.3) is 5.69 Å². The van der Waals surface area contributed by atoms with Gasteiger partial charge in [-0.05, 0) is 29.0 Å². The van der Waals surface area contributed by atoms with Crippen molar-refractivity contribution in [1.82, 2.24) is 0 Å². The van der Waals surface area contributed by atoms with E-state index in [-0.39, 0.29) is 11.5 Å². The highest BCUT2D eigenvalue weighted by Gasteiger charge is 2.34. The normalized spacial score (nSPS) is 14.8. The Morgan fingerprint density at radius 1 is 0.897 bits per heavy atom. The standard InChI is InChI=1S/C20H23N3O6/c1-19(2,3)14-9-12(10-15(18(14)24)20(4,5)6)21-29-17-8-7-13(22(25)26)11-16(17)23(27)28/h7-11H,1-6H3. The summed E-state index contributed by atoms with van der Waals surface area (Å²) in [6, 6.07) is 3.03. The van der Waals surface area contributed by atoms with Gasteiger partial charge in [-0.25, -0.2) is 0 Å². The zero-order chi connectivity index (χ0) is 22.1. The number of nitrogens with zero attached hydrogens (tertiary/aromatic N) is 3. The first kappa shape index (κ1) is 21.9. The molecule has 1 aliphatic rings. The molecule has 1 aromatic carbocycles. The first-order valence-electron chi connectivity index (χ1n) is 8.88. The third kappa shape index (κ3) is 4.92. The fraction of sp³-hybridized carbons (Fsp3) is 0.400. The van der Waals surface area contributed by atoms with E-state index in [1.165, 1.54) is 0 Å². The Morgan fingerprint density at radius 3 is 1.83 bits per heavy atom. The first-order valence-corrected chi connectivity index (χ1v) is 8.88. The predicted molar refractivity (Wildman–Crippen MR) is 108 cm³/mol. The van der Waals surface area contributed by atoms with Gasteiger partial charge in [0.2, 0.25) is 5.75 Å². The van der Waals surface area contributed by atoms with Crippen LogP contribution in [0, 0.1) is 31.1 Å². The van der Waals surface area contributed by atoms with Crippen molar-refractivity contribution in [3.05, 3.63) is 61.7 Å². The van der Waals surface area contributed by atoms with Crippen molar-refractivity contribution in [3.8, 4) is 5.75 Å². The summed E-state index contributed by atoms with van der Waals surface area (Å²) >= 11 is 0. The number of nitro groups is 2. The Labute approximate surface area is 168 Å². The molecule has 0 unspecified atom stereocenters. The molecule has 29 heavy (non-hydrogen) atoms. The molecule has 0 bridgehead atoms. The molecule has 0 saturated heterocycles. The van der Waals surface area contributed by atoms with Gasteiger partial charge in [-0.3, -0.25) is 25.0 Å². The van der Waals surface area contributed by atoms with Crippen molar-refractivity contribution in [2.75, 3.05) is 0 Å². The largest absolute Gasteiger partial charge is 0.349 e. The van der Waals surface area contributed by atoms with Crippen LogP contribution < -0.4 is 4.84 Å². The average Bonchev–Trinajstić information content (AvgIpc) is 2.58. The van der Waals surface area contributed by atoms with Gasteiger partial charge in [0.15, 0.2) is 5.78 Å². The van der Waals surface area contributed by atoms with Crippen molar-refractivity contribution >= 4 is 22.9 Å². The Hall–Kier alpha value is -3.36. The van der Waals surface area contributed by atoms with E-state index >= 15 is 0 Å². The molecular weight excluding hydrogens is 378 g/mol. The lowest BCUT2D eigenvalue weighted by atomic mass is 9.72. The van der Waals surface area contributed by atoms with E-state index in [0.29, 0.717) is 16.9 Å². The van der Waals surface area contributed by atoms with Gasteiger partial charge in [-0.1, -0.05) is 46.7 Å². The van der Waals surface area contributed by atoms with Crippen LogP contribution in [0.3, 0.4) is 0 Å². The zero-order valence-corrected chi connectivity index (χ0v) is 17.2. The minimum atomic E-state index is -0.778. The Morgan fingerprint density at radius 2 is 1.41 bits per heavy atom. The van der Waals surface area contributed by atoms with Crippen LogP contribution in [0.5, 0.6) is 5.75 Å². The molecular formula is C20H23N3O6. The first-order chi connectivity index (χ1) is 13.2. The topological polar surface area (TPSA) is 125 Å². The number of carbonyl (C=O) groups is 1. The number of hydrogen-bond acceptors (Lipinski definition) is 7. The Balaban J connectivity index is 2.51. The molecule has 0 spiro atoms. The molecule has 1 aliphatic carbocycles. The van der Waals surface area contributed by atoms with Crippen LogP contribution in [-0.4, -0.2) is 21.3 Å². The van der Waals surface area contributed by atoms with Crippen LogP contribution in [0.4, 0.5) is 11.4 Å². The number of carbonyl (C=O) groups excluding carboxylic acids is 1. The van der Waals surface area contributed by atoms with E-state index < -0.39 is 32.1 Å². The molecule has 9 heteroatoms. The quantitative estimate of drug-likeness (QED) is 0.407. The molecule has 0 heterocycles. The number of nitro benzene ring substituents is 2. The second-order valence-electron chi connectivity index (χ2n) is 8.72. The zero-order valence-electron chi connectivity index (χ0n) is 17.2. The van der Waals surface area contributed by atoms with Crippen molar-refractivity contribution in [2.24, 2.45) is 16.0 Å². The fourth-order valence-electron chi connectivity index (χ4n) is 2.72. The van der Waals surface area contributed by atoms with Gasteiger partial charge in [-0.2, -0.15) is 0 Å². The highest BCUT2D eigenvalue weighted by Crippen LogP contribution is 2.37. The maximum atomic E-state index is 12.9. The molecule has 0 aromatic heterocycles. The number of allylic oxidation sites excluding steroid dienone is 4. The monoisotopic (exact) mass is 401 g/mol. The molecule has 2 rings (SSSR count). The smallest absolute Gasteiger partial charge is 0.321 e. The molecule has 154 valence electrons. The van der Waals surface area contributed by atoms with Crippen LogP contribution in [0.15, 0.2) is 46.7 Å². The number of oxime groups is 1. The van der Waals surface area contributed by atoms with E-state index in [9.17, 15) is 25.0 Å². The summed E-state index contributed by atoms with van der Waals surface area (Å²) in [5, 5.41) is 26.1. The lowest BCUT2D eigenvalue weighted by Gasteiger charge is -2.30. The molecule has 0 radical (unpaired) electrons. The molecule has 0 atom stereocenters. The second kappa shape index (κ2) is 7.57. The molecule has 0 N–H and O–H groups in total. The molecule has 0 aliphatic heterocycles. The fourth-order valence-corrected chi connectivity index (χ4v) is 2.72. The van der Waals surface area contributed by atoms with Gasteiger partial charge < -0.3 is 4.84 Å². The molecule has 1 aromatic rings. The summed E-state index contributed by atoms with van der Waals surface area (Å²) < 4.78 is 0. The Kier molecular flexibility index (Phi) is 5.73. The van der Waals surface area contributed by atoms with Gasteiger partial charge >= 0.3 is 5.69 Å². The van der Waals surface area contributed by atoms with Gasteiger partial charge in [0.1, 0.15) is 5.71 Å². The number of ketones is 1. The molecule has 0 amide bonds. The number of Topliss-reactive ketones (excluding diaryl/α,β-unsaturated/α-hetero) is 1. The minimum Gasteiger partial charge on any atom is -0.349 e. The Bertz CT molecular complexity index is 939. The van der Waals surface area contributed by atoms with E-state index in [1.54, 1.807) is 12.2 Å². The summed E-state index contributed by atoms with van der Waals surface area (Å²) in [7, 11) is 0. The summed E-state index contributed by atoms with van der Waals surface area (Å²) in [6.07, 6.45) is 3.18. The maximum Gasteiger partial charge on any atom is 0.321 e. The highest BCUT2D eigenvalue weighted by atomic mass is 16.7. The molecule has 0 saturated carbocycles. The van der Waals surface area contributed by atoms with Crippen LogP contribution in [0.2, 0.25) is 0 Å². The third-order valence-corrected chi connectivity index (χ3v) is 4.29. The van der Waals surface area contributed by atoms with E-state index in [0.717, 1.165) is 18.2 Å². The van der Waals surface area contributed by atoms with Crippen molar-refractivity contribution in [2.45, 2.75) is 41.5 Å². The van der Waals surface area contributed by atoms with Gasteiger partial charge in [0.05, 0.1) is 15.9 Å². The van der Waals surface area contributed by atoms with Crippen LogP contribution in [0.25, 0.3) is 0 Å².